The van der Waals surface area contributed by atoms with Gasteiger partial charge in [0.05, 0.1) is 9.73 Å². The predicted octanol–water partition coefficient (Wildman–Crippen LogP) is 0.703. The summed E-state index contributed by atoms with van der Waals surface area (Å²) >= 11 is 3.58. The predicted molar refractivity (Wildman–Crippen MR) is 33.9 cm³/mol. The fourth-order valence-corrected chi connectivity index (χ4v) is 1.91. The van der Waals surface area contributed by atoms with E-state index in [4.69, 9.17) is 0 Å². The van der Waals surface area contributed by atoms with E-state index < -0.39 is 9.73 Å². The summed E-state index contributed by atoms with van der Waals surface area (Å²) in [5, 5.41) is 0. The van der Waals surface area contributed by atoms with Gasteiger partial charge in [-0.05, 0) is 19.2 Å². The molecule has 0 bridgehead atoms. The average Bonchev–Trinajstić information content (AvgIpc) is 1.61. The van der Waals surface area contributed by atoms with Crippen LogP contribution in [-0.2, 0) is 9.73 Å². The summed E-state index contributed by atoms with van der Waals surface area (Å²) in [6.45, 7) is 0. The van der Waals surface area contributed by atoms with Crippen molar-refractivity contribution in [3.05, 3.63) is 0 Å². The van der Waals surface area contributed by atoms with Crippen LogP contribution < -0.4 is 0 Å². The highest BCUT2D eigenvalue weighted by molar-refractivity contribution is 8.00. The molecule has 0 aromatic rings. The summed E-state index contributed by atoms with van der Waals surface area (Å²) in [6, 6.07) is 0. The molecule has 0 unspecified atom stereocenters. The van der Waals surface area contributed by atoms with Crippen LogP contribution in [0.5, 0.6) is 0 Å². The summed E-state index contributed by atoms with van der Waals surface area (Å²) in [6.07, 6.45) is 1.06. The van der Waals surface area contributed by atoms with E-state index in [0.717, 1.165) is 17.9 Å². The maximum absolute atomic E-state index is 10.8. The van der Waals surface area contributed by atoms with E-state index >= 15 is 0 Å². The summed E-state index contributed by atoms with van der Waals surface area (Å²) in [7, 11) is -1.74. The molecule has 7 heavy (non-hydrogen) atoms. The smallest absolute Gasteiger partial charge is 0.0579 e. The second kappa shape index (κ2) is 1.67. The van der Waals surface area contributed by atoms with E-state index in [1.165, 1.54) is 0 Å². The van der Waals surface area contributed by atoms with Crippen molar-refractivity contribution in [1.82, 2.24) is 0 Å². The fraction of sp³-hybridized carbons (Fsp3) is 1.00. The molecule has 4 heteroatoms. The van der Waals surface area contributed by atoms with Gasteiger partial charge in [-0.1, -0.05) is 0 Å². The van der Waals surface area contributed by atoms with Crippen LogP contribution in [0.15, 0.2) is 3.77 Å². The Labute approximate surface area is 49.0 Å². The first-order chi connectivity index (χ1) is 3.27. The van der Waals surface area contributed by atoms with Gasteiger partial charge in [-0.3, -0.25) is 0 Å². The molecule has 0 aromatic carbocycles. The van der Waals surface area contributed by atoms with Crippen molar-refractivity contribution in [1.29, 1.82) is 0 Å². The van der Waals surface area contributed by atoms with Crippen molar-refractivity contribution in [3.63, 3.8) is 0 Å². The molecule has 0 atom stereocenters. The van der Waals surface area contributed by atoms with Gasteiger partial charge in [0.1, 0.15) is 0 Å². The molecule has 0 aliphatic carbocycles. The van der Waals surface area contributed by atoms with Crippen LogP contribution in [0.2, 0.25) is 0 Å². The van der Waals surface area contributed by atoms with E-state index in [9.17, 15) is 4.21 Å². The van der Waals surface area contributed by atoms with Gasteiger partial charge in [0, 0.05) is 11.5 Å². The van der Waals surface area contributed by atoms with E-state index in [2.05, 4.69) is 16.6 Å². The summed E-state index contributed by atoms with van der Waals surface area (Å²) in [5.41, 5.74) is 0. The Bertz CT molecular complexity index is 158. The maximum Gasteiger partial charge on any atom is 0.0579 e. The number of rotatable bonds is 0. The highest BCUT2D eigenvalue weighted by Crippen LogP contribution is 2.12. The second-order valence-corrected chi connectivity index (χ2v) is 4.63. The molecule has 1 fully saturated rings. The maximum atomic E-state index is 10.8. The Morgan fingerprint density at radius 3 is 2.14 bits per heavy atom. The SMILES string of the molecule is O=S1(=NS)CCC1. The Kier molecular flexibility index (Phi) is 1.30. The number of hydrogen-bond donors (Lipinski definition) is 1. The van der Waals surface area contributed by atoms with Gasteiger partial charge in [0.15, 0.2) is 0 Å². The third kappa shape index (κ3) is 0.912. The highest BCUT2D eigenvalue weighted by Gasteiger charge is 2.17. The van der Waals surface area contributed by atoms with E-state index in [-0.39, 0.29) is 0 Å². The lowest BCUT2D eigenvalue weighted by Crippen LogP contribution is -2.22. The second-order valence-electron chi connectivity index (χ2n) is 1.62. The lowest BCUT2D eigenvalue weighted by molar-refractivity contribution is 0.664. The number of nitrogens with zero attached hydrogens (tertiary/aromatic N) is 1. The Hall–Kier alpha value is 0.300. The Morgan fingerprint density at radius 2 is 2.14 bits per heavy atom. The van der Waals surface area contributed by atoms with Crippen LogP contribution in [0.1, 0.15) is 6.42 Å². The molecule has 1 saturated heterocycles. The van der Waals surface area contributed by atoms with Crippen molar-refractivity contribution < 1.29 is 4.21 Å². The van der Waals surface area contributed by atoms with Crippen LogP contribution in [-0.4, -0.2) is 15.7 Å². The largest absolute Gasteiger partial charge is 0.249 e. The van der Waals surface area contributed by atoms with Gasteiger partial charge in [-0.25, -0.2) is 4.21 Å². The summed E-state index contributed by atoms with van der Waals surface area (Å²) < 4.78 is 14.2. The lowest BCUT2D eigenvalue weighted by atomic mass is 10.5. The molecule has 1 rings (SSSR count). The third-order valence-corrected chi connectivity index (χ3v) is 4.12. The van der Waals surface area contributed by atoms with Crippen molar-refractivity contribution >= 4 is 22.5 Å². The van der Waals surface area contributed by atoms with E-state index in [1.54, 1.807) is 0 Å². The molecular formula is C3H7NOS2. The molecular weight excluding hydrogens is 130 g/mol. The molecule has 1 aliphatic rings. The zero-order valence-electron chi connectivity index (χ0n) is 3.83. The standard InChI is InChI=1S/C3H7NOS2/c5-7(4-6)2-1-3-7/h6H,1-3H2. The topological polar surface area (TPSA) is 29.4 Å². The van der Waals surface area contributed by atoms with Crippen molar-refractivity contribution in [2.24, 2.45) is 3.77 Å². The van der Waals surface area contributed by atoms with Crippen LogP contribution in [0.3, 0.4) is 0 Å². The van der Waals surface area contributed by atoms with E-state index in [0.29, 0.717) is 0 Å². The summed E-state index contributed by atoms with van der Waals surface area (Å²) in [4.78, 5) is 0. The molecule has 1 heterocycles. The van der Waals surface area contributed by atoms with Gasteiger partial charge in [-0.15, -0.1) is 0 Å². The van der Waals surface area contributed by atoms with Crippen LogP contribution in [0.4, 0.5) is 0 Å². The van der Waals surface area contributed by atoms with E-state index in [1.807, 2.05) is 0 Å². The molecule has 0 N–H and O–H groups in total. The fourth-order valence-electron chi connectivity index (χ4n) is 0.473. The van der Waals surface area contributed by atoms with Crippen LogP contribution in [0.25, 0.3) is 0 Å². The molecule has 2 nitrogen and oxygen atoms in total. The number of hydrogen-bond acceptors (Lipinski definition) is 2. The number of thiol groups is 1. The first-order valence-electron chi connectivity index (χ1n) is 2.13. The van der Waals surface area contributed by atoms with Gasteiger partial charge in [-0.2, -0.15) is 3.77 Å². The first-order valence-corrected chi connectivity index (χ1v) is 4.38. The van der Waals surface area contributed by atoms with Gasteiger partial charge >= 0.3 is 0 Å². The molecule has 0 amide bonds. The van der Waals surface area contributed by atoms with Crippen molar-refractivity contribution in [2.75, 3.05) is 11.5 Å². The minimum absolute atomic E-state index is 0.760. The molecule has 0 aromatic heterocycles. The first kappa shape index (κ1) is 5.44. The van der Waals surface area contributed by atoms with Crippen LogP contribution >= 0.6 is 12.8 Å². The van der Waals surface area contributed by atoms with Crippen LogP contribution in [0, 0.1) is 0 Å². The minimum atomic E-state index is -1.74. The zero-order valence-corrected chi connectivity index (χ0v) is 5.54. The molecule has 42 valence electrons. The minimum Gasteiger partial charge on any atom is -0.249 e. The average molecular weight is 137 g/mol. The monoisotopic (exact) mass is 137 g/mol. The normalized spacial score (nSPS) is 25.9. The Balaban J connectivity index is 2.82. The molecule has 0 spiro atoms. The molecule has 0 radical (unpaired) electrons. The van der Waals surface area contributed by atoms with Gasteiger partial charge in [0.25, 0.3) is 0 Å². The molecule has 0 saturated carbocycles. The van der Waals surface area contributed by atoms with Gasteiger partial charge < -0.3 is 0 Å². The Morgan fingerprint density at radius 1 is 1.57 bits per heavy atom. The highest BCUT2D eigenvalue weighted by atomic mass is 32.2. The zero-order chi connectivity index (χ0) is 5.33. The van der Waals surface area contributed by atoms with Crippen molar-refractivity contribution in [2.45, 2.75) is 6.42 Å². The van der Waals surface area contributed by atoms with Crippen molar-refractivity contribution in [3.8, 4) is 0 Å². The summed E-state index contributed by atoms with van der Waals surface area (Å²) in [5.74, 6) is 1.52. The third-order valence-electron chi connectivity index (χ3n) is 1.08. The lowest BCUT2D eigenvalue weighted by Gasteiger charge is -2.15. The van der Waals surface area contributed by atoms with Gasteiger partial charge in [0.2, 0.25) is 0 Å². The quantitative estimate of drug-likeness (QED) is 0.489. The molecule has 1 aliphatic heterocycles.